The van der Waals surface area contributed by atoms with Crippen molar-refractivity contribution in [2.45, 2.75) is 78.7 Å². The van der Waals surface area contributed by atoms with Gasteiger partial charge in [0.25, 0.3) is 5.56 Å². The van der Waals surface area contributed by atoms with Gasteiger partial charge >= 0.3 is 0 Å². The van der Waals surface area contributed by atoms with Gasteiger partial charge in [-0.3, -0.25) is 14.3 Å². The molecule has 2 aromatic carbocycles. The number of anilines is 1. The first-order chi connectivity index (χ1) is 21.0. The van der Waals surface area contributed by atoms with Gasteiger partial charge in [0.05, 0.1) is 35.9 Å². The fraction of sp³-hybridized carbons (Fsp3) is 0.529. The third-order valence-electron chi connectivity index (χ3n) is 10.6. The van der Waals surface area contributed by atoms with E-state index in [4.69, 9.17) is 4.99 Å². The van der Waals surface area contributed by atoms with Gasteiger partial charge in [0, 0.05) is 18.8 Å². The monoisotopic (exact) mass is 599 g/mol. The van der Waals surface area contributed by atoms with Crippen molar-refractivity contribution in [1.29, 1.82) is 5.26 Å². The summed E-state index contributed by atoms with van der Waals surface area (Å²) in [6.07, 6.45) is 5.37. The number of aryl methyl sites for hydroxylation is 3. The van der Waals surface area contributed by atoms with Crippen molar-refractivity contribution >= 4 is 22.5 Å². The fourth-order valence-electron chi connectivity index (χ4n) is 7.66. The molecule has 9 nitrogen and oxygen atoms in total. The van der Waals surface area contributed by atoms with Crippen LogP contribution in [0.4, 0.5) is 10.1 Å². The molecule has 4 aliphatic rings. The van der Waals surface area contributed by atoms with Gasteiger partial charge in [0.2, 0.25) is 0 Å². The molecule has 10 heteroatoms. The molecule has 1 unspecified atom stereocenters. The maximum atomic E-state index is 14.3. The van der Waals surface area contributed by atoms with Crippen LogP contribution < -0.4 is 10.9 Å². The number of hydrogen-bond donors (Lipinski definition) is 2. The molecule has 2 N–H and O–H groups in total. The second kappa shape index (κ2) is 11.5. The van der Waals surface area contributed by atoms with Gasteiger partial charge in [0.15, 0.2) is 18.4 Å². The quantitative estimate of drug-likeness (QED) is 0.248. The van der Waals surface area contributed by atoms with Crippen LogP contribution in [0.15, 0.2) is 52.5 Å². The number of hydrogen-bond acceptors (Lipinski definition) is 6. The number of aliphatic hydroxyl groups is 1. The molecule has 2 heterocycles. The number of fused-ring (bicyclic) bond motifs is 3. The normalized spacial score (nSPS) is 28.0. The van der Waals surface area contributed by atoms with Gasteiger partial charge in [-0.15, -0.1) is 0 Å². The summed E-state index contributed by atoms with van der Waals surface area (Å²) in [6, 6.07) is 10.6. The summed E-state index contributed by atoms with van der Waals surface area (Å²) in [6.45, 7) is 11.9. The molecule has 3 aliphatic carbocycles. The van der Waals surface area contributed by atoms with E-state index in [9.17, 15) is 19.6 Å². The van der Waals surface area contributed by atoms with E-state index >= 15 is 0 Å². The van der Waals surface area contributed by atoms with E-state index in [2.05, 4.69) is 37.3 Å². The molecule has 232 valence electrons. The molecule has 0 amide bonds. The van der Waals surface area contributed by atoms with E-state index in [0.29, 0.717) is 65.1 Å². The summed E-state index contributed by atoms with van der Waals surface area (Å²) in [5.41, 5.74) is 2.88. The fourth-order valence-corrected chi connectivity index (χ4v) is 7.66. The Morgan fingerprint density at radius 3 is 2.68 bits per heavy atom. The van der Waals surface area contributed by atoms with Crippen molar-refractivity contribution in [2.24, 2.45) is 28.2 Å². The molecular formula is C34H42FN7O2. The van der Waals surface area contributed by atoms with Crippen molar-refractivity contribution in [3.05, 3.63) is 70.0 Å². The predicted molar refractivity (Wildman–Crippen MR) is 169 cm³/mol. The first-order valence-electron chi connectivity index (χ1n) is 15.7. The third kappa shape index (κ3) is 5.43. The van der Waals surface area contributed by atoms with Crippen LogP contribution in [0.1, 0.15) is 51.7 Å². The summed E-state index contributed by atoms with van der Waals surface area (Å²) in [7, 11) is 0. The standard InChI is InChI=1S/C34H42FN7O2/c1-20-6-7-23(28(35)12-20)10-11-40-19-37-30-15-25(8-9-26(30)32(40)44)38-33(41-16-21(2)42(18-36)31(43)17-41)39-29-14-24-13-27(22(29)3)34(24,4)5/h6-9,12,15,19,21-22,24,27,29,31,43H,10-11,13-14,16-17H2,1-5H3,(H,38,39)/t21-,22+,24+,27?,29+,31+/m1/s1. The number of guanidine groups is 1. The Kier molecular flexibility index (Phi) is 7.87. The third-order valence-corrected chi connectivity index (χ3v) is 10.6. The lowest BCUT2D eigenvalue weighted by atomic mass is 9.45. The SMILES string of the molecule is Cc1ccc(CCn2cnc3cc(N/C(=N/[C@H]4C[C@@H]5CC([C@@H]4C)C5(C)C)N4C[C@@H](C)N(C#N)[C@@H](O)C4)ccc3c2=O)c(F)c1. The highest BCUT2D eigenvalue weighted by molar-refractivity contribution is 5.96. The number of aromatic nitrogens is 2. The van der Waals surface area contributed by atoms with Crippen LogP contribution in [0.5, 0.6) is 0 Å². The number of aliphatic imine (C=N–C) groups is 1. The van der Waals surface area contributed by atoms with Crippen LogP contribution in [0.25, 0.3) is 10.9 Å². The molecular weight excluding hydrogens is 557 g/mol. The predicted octanol–water partition coefficient (Wildman–Crippen LogP) is 4.73. The minimum absolute atomic E-state index is 0.153. The lowest BCUT2D eigenvalue weighted by Gasteiger charge is -2.61. The first kappa shape index (κ1) is 30.1. The van der Waals surface area contributed by atoms with E-state index in [-0.39, 0.29) is 30.0 Å². The molecule has 3 aromatic rings. The number of nitriles is 1. The highest BCUT2D eigenvalue weighted by Crippen LogP contribution is 2.61. The van der Waals surface area contributed by atoms with Gasteiger partial charge < -0.3 is 15.3 Å². The highest BCUT2D eigenvalue weighted by Gasteiger charge is 2.56. The molecule has 4 fully saturated rings. The maximum absolute atomic E-state index is 14.3. The van der Waals surface area contributed by atoms with Gasteiger partial charge in [-0.1, -0.05) is 32.9 Å². The van der Waals surface area contributed by atoms with Gasteiger partial charge in [-0.25, -0.2) is 14.4 Å². The summed E-state index contributed by atoms with van der Waals surface area (Å²) < 4.78 is 15.9. The molecule has 7 rings (SSSR count). The summed E-state index contributed by atoms with van der Waals surface area (Å²) in [4.78, 5) is 26.6. The summed E-state index contributed by atoms with van der Waals surface area (Å²) in [5, 5.41) is 24.3. The van der Waals surface area contributed by atoms with Crippen molar-refractivity contribution in [3.8, 4) is 6.19 Å². The average molecular weight is 600 g/mol. The van der Waals surface area contributed by atoms with Crippen LogP contribution in [0, 0.1) is 47.4 Å². The van der Waals surface area contributed by atoms with E-state index < -0.39 is 6.23 Å². The Morgan fingerprint density at radius 2 is 2.00 bits per heavy atom. The van der Waals surface area contributed by atoms with E-state index in [1.54, 1.807) is 12.1 Å². The molecule has 3 saturated carbocycles. The van der Waals surface area contributed by atoms with Crippen LogP contribution in [0.3, 0.4) is 0 Å². The lowest BCUT2D eigenvalue weighted by molar-refractivity contribution is -0.108. The zero-order valence-electron chi connectivity index (χ0n) is 26.2. The molecule has 1 aromatic heterocycles. The number of β-amino-alcohol motifs (C(OH)–C–C–N with tert-alkyl or cyclic N) is 1. The Labute approximate surface area is 258 Å². The number of piperazine rings is 1. The Balaban J connectivity index is 1.26. The van der Waals surface area contributed by atoms with E-state index in [1.807, 2.05) is 36.9 Å². The summed E-state index contributed by atoms with van der Waals surface area (Å²) in [5.74, 6) is 2.11. The first-order valence-corrected chi connectivity index (χ1v) is 15.7. The topological polar surface area (TPSA) is 110 Å². The smallest absolute Gasteiger partial charge is 0.261 e. The van der Waals surface area contributed by atoms with Gasteiger partial charge in [-0.05, 0) is 91.7 Å². The second-order valence-corrected chi connectivity index (χ2v) is 13.7. The zero-order chi connectivity index (χ0) is 31.3. The van der Waals surface area contributed by atoms with Crippen LogP contribution in [-0.2, 0) is 13.0 Å². The van der Waals surface area contributed by atoms with Crippen molar-refractivity contribution in [1.82, 2.24) is 19.4 Å². The number of aliphatic hydroxyl groups excluding tert-OH is 1. The number of nitrogens with zero attached hydrogens (tertiary/aromatic N) is 6. The molecule has 44 heavy (non-hydrogen) atoms. The van der Waals surface area contributed by atoms with E-state index in [0.717, 1.165) is 17.7 Å². The second-order valence-electron chi connectivity index (χ2n) is 13.7. The Hall–Kier alpha value is -3.97. The minimum atomic E-state index is -0.933. The number of rotatable bonds is 5. The zero-order valence-corrected chi connectivity index (χ0v) is 26.2. The minimum Gasteiger partial charge on any atom is -0.371 e. The van der Waals surface area contributed by atoms with Gasteiger partial charge in [-0.2, -0.15) is 5.26 Å². The molecule has 0 spiro atoms. The largest absolute Gasteiger partial charge is 0.371 e. The molecule has 1 aliphatic heterocycles. The number of benzene rings is 2. The highest BCUT2D eigenvalue weighted by atomic mass is 19.1. The van der Waals surface area contributed by atoms with Crippen molar-refractivity contribution < 1.29 is 9.50 Å². The Morgan fingerprint density at radius 1 is 1.20 bits per heavy atom. The van der Waals surface area contributed by atoms with Crippen LogP contribution in [0.2, 0.25) is 0 Å². The molecule has 6 atom stereocenters. The summed E-state index contributed by atoms with van der Waals surface area (Å²) >= 11 is 0. The number of nitrogens with one attached hydrogen (secondary N) is 1. The lowest BCUT2D eigenvalue weighted by Crippen LogP contribution is -2.59. The molecule has 1 saturated heterocycles. The average Bonchev–Trinajstić information content (AvgIpc) is 2.97. The Bertz CT molecular complexity index is 1680. The molecule has 2 bridgehead atoms. The molecule has 0 radical (unpaired) electrons. The van der Waals surface area contributed by atoms with Crippen molar-refractivity contribution in [3.63, 3.8) is 0 Å². The van der Waals surface area contributed by atoms with Crippen molar-refractivity contribution in [2.75, 3.05) is 18.4 Å². The van der Waals surface area contributed by atoms with Gasteiger partial charge in [0.1, 0.15) is 5.82 Å². The van der Waals surface area contributed by atoms with E-state index in [1.165, 1.54) is 28.3 Å². The van der Waals surface area contributed by atoms with Crippen LogP contribution >= 0.6 is 0 Å². The number of halogens is 1. The maximum Gasteiger partial charge on any atom is 0.261 e. The van der Waals surface area contributed by atoms with Crippen LogP contribution in [-0.4, -0.2) is 61.8 Å².